The molecule has 21 heavy (non-hydrogen) atoms. The summed E-state index contributed by atoms with van der Waals surface area (Å²) in [5.74, 6) is 0.223. The number of carbonyl (C=O) groups excluding carboxylic acids is 1. The maximum atomic E-state index is 12.1. The summed E-state index contributed by atoms with van der Waals surface area (Å²) in [5.41, 5.74) is 8.36. The van der Waals surface area contributed by atoms with Gasteiger partial charge in [0.15, 0.2) is 0 Å². The average molecular weight is 289 g/mol. The molecule has 0 spiro atoms. The van der Waals surface area contributed by atoms with Gasteiger partial charge in [-0.2, -0.15) is 0 Å². The highest BCUT2D eigenvalue weighted by molar-refractivity contribution is 5.76. The molecule has 0 atom stereocenters. The van der Waals surface area contributed by atoms with E-state index in [0.29, 0.717) is 13.0 Å². The average Bonchev–Trinajstić information content (AvgIpc) is 2.71. The molecule has 2 N–H and O–H groups in total. The normalized spacial score (nSPS) is 15.3. The van der Waals surface area contributed by atoms with E-state index in [0.717, 1.165) is 39.0 Å². The van der Waals surface area contributed by atoms with Crippen molar-refractivity contribution >= 4 is 5.91 Å². The van der Waals surface area contributed by atoms with E-state index in [9.17, 15) is 4.79 Å². The van der Waals surface area contributed by atoms with Crippen molar-refractivity contribution in [2.24, 2.45) is 5.73 Å². The van der Waals surface area contributed by atoms with Gasteiger partial charge in [0.1, 0.15) is 0 Å². The number of fused-ring (bicyclic) bond motifs is 1. The van der Waals surface area contributed by atoms with E-state index in [4.69, 9.17) is 5.73 Å². The first-order valence-electron chi connectivity index (χ1n) is 7.94. The zero-order chi connectivity index (χ0) is 15.1. The van der Waals surface area contributed by atoms with Crippen LogP contribution in [-0.2, 0) is 17.8 Å². The minimum atomic E-state index is 0.223. The van der Waals surface area contributed by atoms with Crippen LogP contribution in [0, 0.1) is 0 Å². The van der Waals surface area contributed by atoms with Crippen molar-refractivity contribution in [3.05, 3.63) is 35.4 Å². The lowest BCUT2D eigenvalue weighted by Gasteiger charge is -2.22. The van der Waals surface area contributed by atoms with Crippen LogP contribution in [-0.4, -0.2) is 48.9 Å². The summed E-state index contributed by atoms with van der Waals surface area (Å²) in [6.07, 6.45) is 3.80. The maximum absolute atomic E-state index is 12.1. The third kappa shape index (κ3) is 4.83. The molecule has 0 bridgehead atoms. The quantitative estimate of drug-likeness (QED) is 0.866. The Hall–Kier alpha value is -1.39. The molecular formula is C17H27N3O. The van der Waals surface area contributed by atoms with Crippen molar-refractivity contribution in [2.75, 3.05) is 33.2 Å². The Bertz CT molecular complexity index is 461. The molecule has 116 valence electrons. The standard InChI is InChI=1S/C17H27N3O/c1-19(11-5-10-18)17(21)9-13-20-12-4-8-15-6-2-3-7-16(15)14-20/h2-3,6-7H,4-5,8-14,18H2,1H3. The summed E-state index contributed by atoms with van der Waals surface area (Å²) in [4.78, 5) is 16.3. The fourth-order valence-corrected chi connectivity index (χ4v) is 2.86. The summed E-state index contributed by atoms with van der Waals surface area (Å²) in [7, 11) is 1.87. The third-order valence-corrected chi connectivity index (χ3v) is 4.20. The van der Waals surface area contributed by atoms with Crippen LogP contribution in [0.1, 0.15) is 30.4 Å². The largest absolute Gasteiger partial charge is 0.346 e. The predicted molar refractivity (Wildman–Crippen MR) is 86.0 cm³/mol. The molecular weight excluding hydrogens is 262 g/mol. The maximum Gasteiger partial charge on any atom is 0.223 e. The van der Waals surface area contributed by atoms with Crippen LogP contribution in [0.15, 0.2) is 24.3 Å². The Kier molecular flexibility index (Phi) is 6.21. The van der Waals surface area contributed by atoms with E-state index in [1.807, 2.05) is 7.05 Å². The summed E-state index contributed by atoms with van der Waals surface area (Å²) < 4.78 is 0. The van der Waals surface area contributed by atoms with Crippen molar-refractivity contribution < 1.29 is 4.79 Å². The highest BCUT2D eigenvalue weighted by Gasteiger charge is 2.16. The molecule has 0 unspecified atom stereocenters. The van der Waals surface area contributed by atoms with E-state index >= 15 is 0 Å². The number of nitrogens with zero attached hydrogens (tertiary/aromatic N) is 2. The Morgan fingerprint density at radius 1 is 1.33 bits per heavy atom. The minimum Gasteiger partial charge on any atom is -0.346 e. The fourth-order valence-electron chi connectivity index (χ4n) is 2.86. The Morgan fingerprint density at radius 2 is 2.10 bits per heavy atom. The number of aryl methyl sites for hydroxylation is 1. The summed E-state index contributed by atoms with van der Waals surface area (Å²) in [5, 5.41) is 0. The van der Waals surface area contributed by atoms with Gasteiger partial charge in [0.25, 0.3) is 0 Å². The molecule has 0 saturated heterocycles. The Balaban J connectivity index is 1.82. The lowest BCUT2D eigenvalue weighted by molar-refractivity contribution is -0.130. The smallest absolute Gasteiger partial charge is 0.223 e. The SMILES string of the molecule is CN(CCCN)C(=O)CCN1CCCc2ccccc2C1. The van der Waals surface area contributed by atoms with Crippen molar-refractivity contribution in [1.29, 1.82) is 0 Å². The molecule has 0 radical (unpaired) electrons. The van der Waals surface area contributed by atoms with E-state index in [-0.39, 0.29) is 5.91 Å². The molecule has 0 fully saturated rings. The molecule has 1 aliphatic rings. The van der Waals surface area contributed by atoms with Crippen molar-refractivity contribution in [2.45, 2.75) is 32.2 Å². The van der Waals surface area contributed by atoms with Gasteiger partial charge in [-0.1, -0.05) is 24.3 Å². The van der Waals surface area contributed by atoms with Gasteiger partial charge >= 0.3 is 0 Å². The molecule has 1 aliphatic heterocycles. The number of benzene rings is 1. The number of rotatable bonds is 6. The number of amides is 1. The van der Waals surface area contributed by atoms with Gasteiger partial charge in [-0.15, -0.1) is 0 Å². The van der Waals surface area contributed by atoms with Gasteiger partial charge in [-0.05, 0) is 43.5 Å². The van der Waals surface area contributed by atoms with Gasteiger partial charge in [-0.3, -0.25) is 9.69 Å². The lowest BCUT2D eigenvalue weighted by atomic mass is 10.0. The molecule has 0 saturated carbocycles. The highest BCUT2D eigenvalue weighted by Crippen LogP contribution is 2.18. The molecule has 0 aliphatic carbocycles. The third-order valence-electron chi connectivity index (χ3n) is 4.20. The number of hydrogen-bond donors (Lipinski definition) is 1. The van der Waals surface area contributed by atoms with Crippen LogP contribution >= 0.6 is 0 Å². The van der Waals surface area contributed by atoms with Crippen LogP contribution in [0.3, 0.4) is 0 Å². The second-order valence-electron chi connectivity index (χ2n) is 5.86. The monoisotopic (exact) mass is 289 g/mol. The number of carbonyl (C=O) groups is 1. The van der Waals surface area contributed by atoms with Crippen molar-refractivity contribution in [3.63, 3.8) is 0 Å². The lowest BCUT2D eigenvalue weighted by Crippen LogP contribution is -2.33. The predicted octanol–water partition coefficient (Wildman–Crippen LogP) is 1.63. The summed E-state index contributed by atoms with van der Waals surface area (Å²) >= 11 is 0. The van der Waals surface area contributed by atoms with E-state index in [1.165, 1.54) is 17.5 Å². The molecule has 4 nitrogen and oxygen atoms in total. The first-order valence-corrected chi connectivity index (χ1v) is 7.94. The fraction of sp³-hybridized carbons (Fsp3) is 0.588. The molecule has 2 rings (SSSR count). The summed E-state index contributed by atoms with van der Waals surface area (Å²) in [6, 6.07) is 8.66. The molecule has 1 amide bonds. The molecule has 1 aromatic rings. The molecule has 1 heterocycles. The van der Waals surface area contributed by atoms with Gasteiger partial charge in [0.05, 0.1) is 0 Å². The van der Waals surface area contributed by atoms with Crippen LogP contribution < -0.4 is 5.73 Å². The van der Waals surface area contributed by atoms with Gasteiger partial charge in [0.2, 0.25) is 5.91 Å². The topological polar surface area (TPSA) is 49.6 Å². The second-order valence-corrected chi connectivity index (χ2v) is 5.86. The summed E-state index contributed by atoms with van der Waals surface area (Å²) in [6.45, 7) is 4.29. The first kappa shape index (κ1) is 16.0. The molecule has 4 heteroatoms. The van der Waals surface area contributed by atoms with E-state index < -0.39 is 0 Å². The van der Waals surface area contributed by atoms with Crippen LogP contribution in [0.2, 0.25) is 0 Å². The second kappa shape index (κ2) is 8.15. The highest BCUT2D eigenvalue weighted by atomic mass is 16.2. The van der Waals surface area contributed by atoms with Crippen LogP contribution in [0.4, 0.5) is 0 Å². The zero-order valence-electron chi connectivity index (χ0n) is 13.1. The molecule has 1 aromatic carbocycles. The van der Waals surface area contributed by atoms with E-state index in [1.54, 1.807) is 4.90 Å². The van der Waals surface area contributed by atoms with Crippen molar-refractivity contribution in [3.8, 4) is 0 Å². The minimum absolute atomic E-state index is 0.223. The first-order chi connectivity index (χ1) is 10.2. The molecule has 0 aromatic heterocycles. The van der Waals surface area contributed by atoms with Gasteiger partial charge < -0.3 is 10.6 Å². The zero-order valence-corrected chi connectivity index (χ0v) is 13.1. The van der Waals surface area contributed by atoms with Gasteiger partial charge in [-0.25, -0.2) is 0 Å². The number of hydrogen-bond acceptors (Lipinski definition) is 3. The Morgan fingerprint density at radius 3 is 2.86 bits per heavy atom. The van der Waals surface area contributed by atoms with Crippen molar-refractivity contribution in [1.82, 2.24) is 9.80 Å². The number of nitrogens with two attached hydrogens (primary N) is 1. The van der Waals surface area contributed by atoms with Gasteiger partial charge in [0, 0.05) is 33.1 Å². The Labute approximate surface area is 127 Å². The van der Waals surface area contributed by atoms with E-state index in [2.05, 4.69) is 29.2 Å². The van der Waals surface area contributed by atoms with Crippen LogP contribution in [0.25, 0.3) is 0 Å². The van der Waals surface area contributed by atoms with Crippen LogP contribution in [0.5, 0.6) is 0 Å².